The Morgan fingerprint density at radius 1 is 1.69 bits per heavy atom. The van der Waals surface area contributed by atoms with Crippen LogP contribution in [0.3, 0.4) is 0 Å². The van der Waals surface area contributed by atoms with Gasteiger partial charge in [-0.3, -0.25) is 4.79 Å². The van der Waals surface area contributed by atoms with E-state index in [0.717, 1.165) is 5.75 Å². The summed E-state index contributed by atoms with van der Waals surface area (Å²) < 4.78 is 1.69. The highest BCUT2D eigenvalue weighted by Gasteiger charge is 2.17. The van der Waals surface area contributed by atoms with Crippen LogP contribution in [-0.4, -0.2) is 26.4 Å². The first-order valence-electron chi connectivity index (χ1n) is 3.66. The van der Waals surface area contributed by atoms with E-state index in [0.29, 0.717) is 11.7 Å². The number of hydrogen-bond donors (Lipinski definition) is 1. The fourth-order valence-electron chi connectivity index (χ4n) is 1.13. The summed E-state index contributed by atoms with van der Waals surface area (Å²) in [5, 5.41) is 9.24. The zero-order valence-corrected chi connectivity index (χ0v) is 7.37. The van der Waals surface area contributed by atoms with Crippen LogP contribution in [-0.2, 0) is 6.54 Å². The molecule has 1 aromatic rings. The van der Waals surface area contributed by atoms with E-state index in [9.17, 15) is 9.59 Å². The Kier molecular flexibility index (Phi) is 1.84. The zero-order valence-electron chi connectivity index (χ0n) is 6.56. The third-order valence-corrected chi connectivity index (χ3v) is 2.72. The van der Waals surface area contributed by atoms with Gasteiger partial charge >= 0.3 is 5.97 Å². The number of rotatable bonds is 1. The fraction of sp³-hybridized carbons (Fsp3) is 0.286. The van der Waals surface area contributed by atoms with Crippen LogP contribution in [0.15, 0.2) is 16.1 Å². The Labute approximate surface area is 77.4 Å². The maximum atomic E-state index is 11.1. The molecule has 0 aromatic carbocycles. The van der Waals surface area contributed by atoms with E-state index >= 15 is 0 Å². The van der Waals surface area contributed by atoms with Gasteiger partial charge in [0.15, 0.2) is 5.16 Å². The fourth-order valence-corrected chi connectivity index (χ4v) is 2.06. The summed E-state index contributed by atoms with van der Waals surface area (Å²) in [6.45, 7) is 0.716. The molecule has 0 amide bonds. The second-order valence-electron chi connectivity index (χ2n) is 2.59. The summed E-state index contributed by atoms with van der Waals surface area (Å²) in [4.78, 5) is 25.3. The molecule has 68 valence electrons. The molecule has 2 rings (SSSR count). The second kappa shape index (κ2) is 2.88. The minimum absolute atomic E-state index is 0.258. The molecular formula is C7H6N2O3S. The summed E-state index contributed by atoms with van der Waals surface area (Å²) in [5.41, 5.74) is -0.917. The number of hydrogen-bond acceptors (Lipinski definition) is 4. The number of fused-ring (bicyclic) bond motifs is 1. The molecule has 0 bridgehead atoms. The SMILES string of the molecule is O=C(O)c1cn2c(nc1=O)SCC2. The van der Waals surface area contributed by atoms with Crippen LogP contribution in [0.25, 0.3) is 0 Å². The monoisotopic (exact) mass is 198 g/mol. The van der Waals surface area contributed by atoms with Crippen molar-refractivity contribution in [2.45, 2.75) is 11.7 Å². The van der Waals surface area contributed by atoms with Gasteiger partial charge in [-0.15, -0.1) is 0 Å². The van der Waals surface area contributed by atoms with E-state index in [1.807, 2.05) is 0 Å². The van der Waals surface area contributed by atoms with Crippen LogP contribution < -0.4 is 5.56 Å². The first kappa shape index (κ1) is 8.31. The van der Waals surface area contributed by atoms with Crippen molar-refractivity contribution >= 4 is 17.7 Å². The van der Waals surface area contributed by atoms with Crippen molar-refractivity contribution in [1.29, 1.82) is 0 Å². The molecule has 0 spiro atoms. The number of aryl methyl sites for hydroxylation is 1. The van der Waals surface area contributed by atoms with Gasteiger partial charge in [-0.1, -0.05) is 11.8 Å². The Morgan fingerprint density at radius 3 is 3.15 bits per heavy atom. The number of nitrogens with zero attached hydrogens (tertiary/aromatic N) is 2. The molecule has 0 unspecified atom stereocenters. The minimum Gasteiger partial charge on any atom is -0.477 e. The maximum absolute atomic E-state index is 11.1. The van der Waals surface area contributed by atoms with Crippen molar-refractivity contribution < 1.29 is 9.90 Å². The molecule has 13 heavy (non-hydrogen) atoms. The predicted octanol–water partition coefficient (Wildman–Crippen LogP) is 0.0472. The van der Waals surface area contributed by atoms with Crippen molar-refractivity contribution in [1.82, 2.24) is 9.55 Å². The Morgan fingerprint density at radius 2 is 2.46 bits per heavy atom. The van der Waals surface area contributed by atoms with Gasteiger partial charge in [0.25, 0.3) is 5.56 Å². The van der Waals surface area contributed by atoms with Crippen LogP contribution in [0, 0.1) is 0 Å². The average molecular weight is 198 g/mol. The molecule has 0 atom stereocenters. The molecule has 0 saturated carbocycles. The molecular weight excluding hydrogens is 192 g/mol. The largest absolute Gasteiger partial charge is 0.477 e. The third kappa shape index (κ3) is 1.33. The average Bonchev–Trinajstić information content (AvgIpc) is 2.48. The number of carbonyl (C=O) groups is 1. The van der Waals surface area contributed by atoms with Gasteiger partial charge in [0.1, 0.15) is 5.56 Å². The van der Waals surface area contributed by atoms with Gasteiger partial charge in [0.2, 0.25) is 0 Å². The number of carboxylic acids is 1. The highest BCUT2D eigenvalue weighted by atomic mass is 32.2. The Balaban J connectivity index is 2.62. The van der Waals surface area contributed by atoms with E-state index in [-0.39, 0.29) is 5.56 Å². The lowest BCUT2D eigenvalue weighted by Gasteiger charge is -2.00. The third-order valence-electron chi connectivity index (χ3n) is 1.75. The van der Waals surface area contributed by atoms with Crippen molar-refractivity contribution in [3.05, 3.63) is 22.1 Å². The lowest BCUT2D eigenvalue weighted by Crippen LogP contribution is -2.20. The lowest BCUT2D eigenvalue weighted by molar-refractivity contribution is 0.0693. The molecule has 5 nitrogen and oxygen atoms in total. The molecule has 2 heterocycles. The lowest BCUT2D eigenvalue weighted by atomic mass is 10.3. The summed E-state index contributed by atoms with van der Waals surface area (Å²) in [6, 6.07) is 0. The summed E-state index contributed by atoms with van der Waals surface area (Å²) in [5.74, 6) is -0.375. The van der Waals surface area contributed by atoms with Crippen molar-refractivity contribution in [2.24, 2.45) is 0 Å². The van der Waals surface area contributed by atoms with E-state index in [2.05, 4.69) is 4.98 Å². The smallest absolute Gasteiger partial charge is 0.342 e. The van der Waals surface area contributed by atoms with Crippen LogP contribution in [0.5, 0.6) is 0 Å². The van der Waals surface area contributed by atoms with E-state index in [1.54, 1.807) is 4.57 Å². The van der Waals surface area contributed by atoms with Crippen LogP contribution in [0.1, 0.15) is 10.4 Å². The molecule has 1 aliphatic rings. The highest BCUT2D eigenvalue weighted by Crippen LogP contribution is 2.21. The number of carboxylic acid groups (broad SMARTS) is 1. The molecule has 6 heteroatoms. The van der Waals surface area contributed by atoms with Gasteiger partial charge < -0.3 is 9.67 Å². The molecule has 0 saturated heterocycles. The predicted molar refractivity (Wildman–Crippen MR) is 46.2 cm³/mol. The van der Waals surface area contributed by atoms with Gasteiger partial charge in [0, 0.05) is 18.5 Å². The van der Waals surface area contributed by atoms with E-state index in [1.165, 1.54) is 18.0 Å². The number of aromatic carboxylic acids is 1. The quantitative estimate of drug-likeness (QED) is 0.645. The molecule has 1 aromatic heterocycles. The van der Waals surface area contributed by atoms with Gasteiger partial charge in [-0.25, -0.2) is 4.79 Å². The number of aromatic nitrogens is 2. The zero-order chi connectivity index (χ0) is 9.42. The normalized spacial score (nSPS) is 14.2. The highest BCUT2D eigenvalue weighted by molar-refractivity contribution is 7.99. The van der Waals surface area contributed by atoms with Gasteiger partial charge in [-0.2, -0.15) is 4.98 Å². The van der Waals surface area contributed by atoms with Crippen molar-refractivity contribution in [2.75, 3.05) is 5.75 Å². The molecule has 0 fully saturated rings. The standard InChI is InChI=1S/C7H6N2O3S/c10-5-4(6(11)12)3-9-1-2-13-7(9)8-5/h3H,1-2H2,(H,11,12). The van der Waals surface area contributed by atoms with Crippen molar-refractivity contribution in [3.8, 4) is 0 Å². The topological polar surface area (TPSA) is 72.2 Å². The van der Waals surface area contributed by atoms with Crippen LogP contribution in [0.2, 0.25) is 0 Å². The van der Waals surface area contributed by atoms with Gasteiger partial charge in [0.05, 0.1) is 0 Å². The van der Waals surface area contributed by atoms with E-state index < -0.39 is 11.5 Å². The summed E-state index contributed by atoms with van der Waals surface area (Å²) in [7, 11) is 0. The van der Waals surface area contributed by atoms with Crippen LogP contribution >= 0.6 is 11.8 Å². The molecule has 0 radical (unpaired) electrons. The summed E-state index contributed by atoms with van der Waals surface area (Å²) >= 11 is 1.46. The maximum Gasteiger partial charge on any atom is 0.342 e. The summed E-state index contributed by atoms with van der Waals surface area (Å²) in [6.07, 6.45) is 1.35. The van der Waals surface area contributed by atoms with Crippen LogP contribution in [0.4, 0.5) is 0 Å². The Bertz CT molecular complexity index is 426. The van der Waals surface area contributed by atoms with Gasteiger partial charge in [-0.05, 0) is 0 Å². The number of thioether (sulfide) groups is 1. The molecule has 1 aliphatic heterocycles. The molecule has 1 N–H and O–H groups in total. The minimum atomic E-state index is -1.22. The Hall–Kier alpha value is -1.30. The first-order valence-corrected chi connectivity index (χ1v) is 4.64. The molecule has 0 aliphatic carbocycles. The van der Waals surface area contributed by atoms with E-state index in [4.69, 9.17) is 5.11 Å². The second-order valence-corrected chi connectivity index (χ2v) is 3.65. The van der Waals surface area contributed by atoms with Crippen molar-refractivity contribution in [3.63, 3.8) is 0 Å². The first-order chi connectivity index (χ1) is 6.18.